The molecule has 0 aliphatic rings. The average molecular weight is 187 g/mol. The SMILES string of the molecule is Cn1c2ccccc2n2c[n+](N)cc12. The molecule has 0 bridgehead atoms. The van der Waals surface area contributed by atoms with Crippen LogP contribution in [-0.4, -0.2) is 8.97 Å². The van der Waals surface area contributed by atoms with E-state index in [0.717, 1.165) is 5.65 Å². The van der Waals surface area contributed by atoms with Crippen LogP contribution < -0.4 is 10.5 Å². The molecule has 0 amide bonds. The third-order valence-corrected chi connectivity index (χ3v) is 2.61. The molecule has 0 aliphatic carbocycles. The first-order valence-corrected chi connectivity index (χ1v) is 4.49. The van der Waals surface area contributed by atoms with Crippen LogP contribution in [0.15, 0.2) is 36.8 Å². The van der Waals surface area contributed by atoms with Gasteiger partial charge in [0.25, 0.3) is 6.33 Å². The highest BCUT2D eigenvalue weighted by atomic mass is 15.3. The lowest BCUT2D eigenvalue weighted by Gasteiger charge is -1.90. The average Bonchev–Trinajstić information content (AvgIpc) is 2.68. The molecule has 0 radical (unpaired) electrons. The maximum Gasteiger partial charge on any atom is 0.274 e. The minimum Gasteiger partial charge on any atom is -0.305 e. The smallest absolute Gasteiger partial charge is 0.274 e. The summed E-state index contributed by atoms with van der Waals surface area (Å²) < 4.78 is 5.77. The quantitative estimate of drug-likeness (QED) is 0.402. The van der Waals surface area contributed by atoms with Crippen molar-refractivity contribution in [1.82, 2.24) is 8.97 Å². The highest BCUT2D eigenvalue weighted by Gasteiger charge is 2.14. The van der Waals surface area contributed by atoms with Gasteiger partial charge in [-0.15, -0.1) is 4.68 Å². The van der Waals surface area contributed by atoms with Crippen molar-refractivity contribution in [2.45, 2.75) is 0 Å². The topological polar surface area (TPSA) is 39.2 Å². The third-order valence-electron chi connectivity index (χ3n) is 2.61. The normalized spacial score (nSPS) is 11.5. The zero-order valence-corrected chi connectivity index (χ0v) is 7.88. The number of para-hydroxylation sites is 2. The number of rotatable bonds is 0. The van der Waals surface area contributed by atoms with Gasteiger partial charge in [0.05, 0.1) is 5.52 Å². The Morgan fingerprint density at radius 3 is 2.71 bits per heavy atom. The summed E-state index contributed by atoms with van der Waals surface area (Å²) in [5, 5.41) is 0. The number of nitrogens with zero attached hydrogens (tertiary/aromatic N) is 3. The van der Waals surface area contributed by atoms with Crippen LogP contribution >= 0.6 is 0 Å². The number of benzene rings is 1. The van der Waals surface area contributed by atoms with E-state index in [2.05, 4.69) is 21.1 Å². The molecule has 70 valence electrons. The van der Waals surface area contributed by atoms with Gasteiger partial charge in [-0.05, 0) is 12.1 Å². The summed E-state index contributed by atoms with van der Waals surface area (Å²) >= 11 is 0. The first-order valence-electron chi connectivity index (χ1n) is 4.49. The number of fused-ring (bicyclic) bond motifs is 3. The van der Waals surface area contributed by atoms with Gasteiger partial charge in [0.1, 0.15) is 0 Å². The van der Waals surface area contributed by atoms with E-state index in [1.165, 1.54) is 11.0 Å². The van der Waals surface area contributed by atoms with Gasteiger partial charge in [-0.2, -0.15) is 4.40 Å². The molecule has 4 nitrogen and oxygen atoms in total. The van der Waals surface area contributed by atoms with Crippen molar-refractivity contribution in [3.05, 3.63) is 36.8 Å². The van der Waals surface area contributed by atoms with Crippen molar-refractivity contribution in [2.24, 2.45) is 7.05 Å². The van der Waals surface area contributed by atoms with E-state index in [4.69, 9.17) is 5.84 Å². The predicted octanol–water partition coefficient (Wildman–Crippen LogP) is 0.432. The summed E-state index contributed by atoms with van der Waals surface area (Å²) in [6.07, 6.45) is 3.78. The summed E-state index contributed by atoms with van der Waals surface area (Å²) in [7, 11) is 2.04. The Hall–Kier alpha value is -1.97. The molecule has 0 aliphatic heterocycles. The lowest BCUT2D eigenvalue weighted by molar-refractivity contribution is -0.637. The van der Waals surface area contributed by atoms with Gasteiger partial charge in [-0.25, -0.2) is 0 Å². The molecular weight excluding hydrogens is 176 g/mol. The van der Waals surface area contributed by atoms with Crippen molar-refractivity contribution in [3.8, 4) is 0 Å². The van der Waals surface area contributed by atoms with E-state index in [1.54, 1.807) is 4.68 Å². The second-order valence-electron chi connectivity index (χ2n) is 3.47. The van der Waals surface area contributed by atoms with Crippen LogP contribution in [0.3, 0.4) is 0 Å². The lowest BCUT2D eigenvalue weighted by Crippen LogP contribution is -2.41. The summed E-state index contributed by atoms with van der Waals surface area (Å²) in [6.45, 7) is 0. The number of hydrogen-bond donors (Lipinski definition) is 1. The monoisotopic (exact) mass is 187 g/mol. The number of aryl methyl sites for hydroxylation is 1. The molecule has 0 saturated carbocycles. The van der Waals surface area contributed by atoms with Crippen molar-refractivity contribution in [1.29, 1.82) is 0 Å². The maximum atomic E-state index is 5.68. The Kier molecular flexibility index (Phi) is 1.21. The number of nitrogen functional groups attached to an aromatic ring is 1. The van der Waals surface area contributed by atoms with E-state index in [0.29, 0.717) is 0 Å². The molecule has 2 aromatic heterocycles. The fraction of sp³-hybridized carbons (Fsp3) is 0.100. The molecule has 0 spiro atoms. The molecule has 0 saturated heterocycles. The fourth-order valence-electron chi connectivity index (χ4n) is 1.93. The molecular formula is C10H11N4+. The molecule has 3 aromatic rings. The van der Waals surface area contributed by atoms with E-state index in [-0.39, 0.29) is 0 Å². The Morgan fingerprint density at radius 2 is 1.93 bits per heavy atom. The van der Waals surface area contributed by atoms with E-state index in [1.807, 2.05) is 31.7 Å². The first kappa shape index (κ1) is 7.44. The van der Waals surface area contributed by atoms with Gasteiger partial charge >= 0.3 is 0 Å². The van der Waals surface area contributed by atoms with Crippen LogP contribution in [0, 0.1) is 0 Å². The Morgan fingerprint density at radius 1 is 1.21 bits per heavy atom. The molecule has 1 aromatic carbocycles. The highest BCUT2D eigenvalue weighted by Crippen LogP contribution is 2.17. The van der Waals surface area contributed by atoms with Crippen LogP contribution in [0.25, 0.3) is 16.7 Å². The van der Waals surface area contributed by atoms with E-state index < -0.39 is 0 Å². The Labute approximate surface area is 80.8 Å². The summed E-state index contributed by atoms with van der Waals surface area (Å²) in [5.74, 6) is 5.68. The number of imidazole rings is 2. The Balaban J connectivity index is 2.65. The predicted molar refractivity (Wildman–Crippen MR) is 54.2 cm³/mol. The van der Waals surface area contributed by atoms with Crippen molar-refractivity contribution >= 4 is 16.7 Å². The second-order valence-corrected chi connectivity index (χ2v) is 3.47. The van der Waals surface area contributed by atoms with Crippen LogP contribution in [0.1, 0.15) is 0 Å². The van der Waals surface area contributed by atoms with E-state index >= 15 is 0 Å². The van der Waals surface area contributed by atoms with Crippen LogP contribution in [0.5, 0.6) is 0 Å². The van der Waals surface area contributed by atoms with Crippen molar-refractivity contribution in [3.63, 3.8) is 0 Å². The standard InChI is InChI=1S/C10H11N4/c1-12-8-4-2-3-5-9(8)14-7-13(11)6-10(12)14/h2-7H,11H2,1H3/q+1. The zero-order valence-electron chi connectivity index (χ0n) is 7.88. The molecule has 0 fully saturated rings. The van der Waals surface area contributed by atoms with Gasteiger partial charge in [-0.1, -0.05) is 12.1 Å². The van der Waals surface area contributed by atoms with Crippen molar-refractivity contribution < 1.29 is 4.68 Å². The summed E-state index contributed by atoms with van der Waals surface area (Å²) in [4.78, 5) is 0. The molecule has 0 unspecified atom stereocenters. The maximum absolute atomic E-state index is 5.68. The van der Waals surface area contributed by atoms with Gasteiger partial charge in [0.2, 0.25) is 5.65 Å². The minimum absolute atomic E-state index is 1.09. The summed E-state index contributed by atoms with van der Waals surface area (Å²) in [6, 6.07) is 8.26. The van der Waals surface area contributed by atoms with Gasteiger partial charge in [-0.3, -0.25) is 5.84 Å². The zero-order chi connectivity index (χ0) is 9.71. The molecule has 3 rings (SSSR count). The molecule has 4 heteroatoms. The van der Waals surface area contributed by atoms with Crippen LogP contribution in [0.2, 0.25) is 0 Å². The third kappa shape index (κ3) is 0.750. The largest absolute Gasteiger partial charge is 0.305 e. The van der Waals surface area contributed by atoms with Crippen LogP contribution in [0.4, 0.5) is 0 Å². The van der Waals surface area contributed by atoms with Gasteiger partial charge in [0, 0.05) is 7.05 Å². The van der Waals surface area contributed by atoms with Crippen LogP contribution in [-0.2, 0) is 7.05 Å². The molecule has 2 N–H and O–H groups in total. The minimum atomic E-state index is 1.09. The molecule has 0 atom stereocenters. The lowest BCUT2D eigenvalue weighted by atomic mass is 10.3. The molecule has 14 heavy (non-hydrogen) atoms. The number of nitrogens with two attached hydrogens (primary N) is 1. The second kappa shape index (κ2) is 2.29. The van der Waals surface area contributed by atoms with Gasteiger partial charge < -0.3 is 4.57 Å². The Bertz CT molecular complexity index is 617. The van der Waals surface area contributed by atoms with E-state index in [9.17, 15) is 0 Å². The van der Waals surface area contributed by atoms with Gasteiger partial charge in [0.15, 0.2) is 11.7 Å². The fourth-order valence-corrected chi connectivity index (χ4v) is 1.93. The number of aromatic nitrogens is 3. The number of hydrogen-bond acceptors (Lipinski definition) is 1. The summed E-state index contributed by atoms with van der Waals surface area (Å²) in [5.41, 5.74) is 3.48. The first-order chi connectivity index (χ1) is 6.77. The molecule has 2 heterocycles. The highest BCUT2D eigenvalue weighted by molar-refractivity contribution is 5.81. The van der Waals surface area contributed by atoms with Crippen molar-refractivity contribution in [2.75, 3.05) is 5.84 Å².